The summed E-state index contributed by atoms with van der Waals surface area (Å²) in [6.45, 7) is 5.12. The van der Waals surface area contributed by atoms with Crippen molar-refractivity contribution in [2.24, 2.45) is 7.05 Å². The number of amides is 1. The number of nitrogens with one attached hydrogen (secondary N) is 2. The first-order valence-electron chi connectivity index (χ1n) is 13.4. The number of aryl methyl sites for hydroxylation is 1. The van der Waals surface area contributed by atoms with Crippen LogP contribution >= 0.6 is 11.6 Å². The Morgan fingerprint density at radius 1 is 1.05 bits per heavy atom. The number of carbonyl (C=O) groups is 1. The molecule has 5 aromatic rings. The van der Waals surface area contributed by atoms with Crippen LogP contribution in [0.25, 0.3) is 33.2 Å². The van der Waals surface area contributed by atoms with Crippen LogP contribution in [-0.2, 0) is 28.2 Å². The van der Waals surface area contributed by atoms with E-state index in [1.165, 1.54) is 16.8 Å². The number of ether oxygens (including phenoxy) is 1. The number of sulfonamides is 1. The molecule has 44 heavy (non-hydrogen) atoms. The second kappa shape index (κ2) is 11.6. The Labute approximate surface area is 257 Å². The number of hydrogen-bond acceptors (Lipinski definition) is 7. The Morgan fingerprint density at radius 3 is 2.30 bits per heavy atom. The average Bonchev–Trinajstić information content (AvgIpc) is 3.21. The SMILES string of the molecule is Cn1nc(NS(C)(=O)=O)c2c(Cl)ccc(-c3nc4ccccc4nc3[C@H](Cc3cc(F)cc(F)c3)NC(=O)OC(C)(C)C)c21. The predicted molar refractivity (Wildman–Crippen MR) is 165 cm³/mol. The molecule has 2 aromatic heterocycles. The van der Waals surface area contributed by atoms with Crippen molar-refractivity contribution in [3.05, 3.63) is 82.5 Å². The van der Waals surface area contributed by atoms with Crippen LogP contribution in [0.4, 0.5) is 19.4 Å². The van der Waals surface area contributed by atoms with Crippen molar-refractivity contribution in [1.82, 2.24) is 25.1 Å². The molecule has 0 fully saturated rings. The molecule has 0 unspecified atom stereocenters. The van der Waals surface area contributed by atoms with Gasteiger partial charge in [-0.15, -0.1) is 0 Å². The van der Waals surface area contributed by atoms with E-state index in [4.69, 9.17) is 26.3 Å². The molecule has 2 heterocycles. The largest absolute Gasteiger partial charge is 0.444 e. The minimum Gasteiger partial charge on any atom is -0.444 e. The van der Waals surface area contributed by atoms with E-state index >= 15 is 0 Å². The Kier molecular flexibility index (Phi) is 8.21. The van der Waals surface area contributed by atoms with Gasteiger partial charge in [0.05, 0.1) is 50.6 Å². The van der Waals surface area contributed by atoms with Crippen molar-refractivity contribution in [2.45, 2.75) is 38.8 Å². The highest BCUT2D eigenvalue weighted by atomic mass is 35.5. The maximum Gasteiger partial charge on any atom is 0.408 e. The van der Waals surface area contributed by atoms with Crippen LogP contribution in [-0.4, -0.2) is 46.1 Å². The van der Waals surface area contributed by atoms with Crippen LogP contribution in [0.3, 0.4) is 0 Å². The Hall–Kier alpha value is -4.36. The number of alkyl carbamates (subject to hydrolysis) is 1. The maximum atomic E-state index is 14.2. The normalized spacial score (nSPS) is 12.8. The summed E-state index contributed by atoms with van der Waals surface area (Å²) in [5.74, 6) is -1.53. The van der Waals surface area contributed by atoms with Gasteiger partial charge in [-0.05, 0) is 69.2 Å². The standard InChI is InChI=1S/C30H29ClF2N6O4S/c1-30(2,3)43-29(40)36-23(14-16-12-17(32)15-18(33)13-16)26-25(34-21-8-6-7-9-22(21)35-26)19-10-11-20(31)24-27(19)39(4)37-28(24)38-44(5,41)42/h6-13,15,23H,14H2,1-5H3,(H,36,40)(H,37,38)/t23-/m0/s1. The molecule has 0 radical (unpaired) electrons. The number of aromatic nitrogens is 4. The van der Waals surface area contributed by atoms with E-state index in [0.717, 1.165) is 12.3 Å². The van der Waals surface area contributed by atoms with E-state index in [9.17, 15) is 22.0 Å². The lowest BCUT2D eigenvalue weighted by Crippen LogP contribution is -2.36. The van der Waals surface area contributed by atoms with Gasteiger partial charge in [0.25, 0.3) is 0 Å². The van der Waals surface area contributed by atoms with Crippen molar-refractivity contribution < 1.29 is 26.7 Å². The van der Waals surface area contributed by atoms with Gasteiger partial charge in [-0.2, -0.15) is 5.10 Å². The molecule has 0 spiro atoms. The monoisotopic (exact) mass is 642 g/mol. The molecule has 0 bridgehead atoms. The highest BCUT2D eigenvalue weighted by Crippen LogP contribution is 2.39. The number of benzene rings is 3. The fourth-order valence-electron chi connectivity index (χ4n) is 4.90. The molecule has 3 aromatic carbocycles. The molecule has 1 amide bonds. The molecule has 230 valence electrons. The Balaban J connectivity index is 1.77. The van der Waals surface area contributed by atoms with Gasteiger partial charge in [-0.25, -0.2) is 32.0 Å². The van der Waals surface area contributed by atoms with E-state index < -0.39 is 39.4 Å². The molecule has 10 nitrogen and oxygen atoms in total. The van der Waals surface area contributed by atoms with Gasteiger partial charge >= 0.3 is 6.09 Å². The molecule has 0 saturated carbocycles. The van der Waals surface area contributed by atoms with E-state index in [2.05, 4.69) is 15.1 Å². The van der Waals surface area contributed by atoms with Crippen molar-refractivity contribution in [1.29, 1.82) is 0 Å². The van der Waals surface area contributed by atoms with Gasteiger partial charge in [0.2, 0.25) is 10.0 Å². The van der Waals surface area contributed by atoms with Crippen LogP contribution in [0.5, 0.6) is 0 Å². The minimum atomic E-state index is -3.71. The van der Waals surface area contributed by atoms with E-state index in [-0.39, 0.29) is 28.5 Å². The van der Waals surface area contributed by atoms with E-state index in [1.807, 2.05) is 0 Å². The van der Waals surface area contributed by atoms with Crippen molar-refractivity contribution in [3.8, 4) is 11.3 Å². The number of para-hydroxylation sites is 2. The summed E-state index contributed by atoms with van der Waals surface area (Å²) in [5.41, 5.74) is 1.92. The summed E-state index contributed by atoms with van der Waals surface area (Å²) in [4.78, 5) is 22.9. The minimum absolute atomic E-state index is 0.0193. The first-order valence-corrected chi connectivity index (χ1v) is 15.7. The third kappa shape index (κ3) is 6.89. The second-order valence-corrected chi connectivity index (χ2v) is 13.4. The van der Waals surface area contributed by atoms with Gasteiger partial charge < -0.3 is 10.1 Å². The van der Waals surface area contributed by atoms with Gasteiger partial charge in [0.1, 0.15) is 17.2 Å². The number of rotatable bonds is 7. The van der Waals surface area contributed by atoms with Crippen LogP contribution < -0.4 is 10.0 Å². The molecule has 0 aliphatic heterocycles. The van der Waals surface area contributed by atoms with Crippen molar-refractivity contribution >= 4 is 55.5 Å². The highest BCUT2D eigenvalue weighted by Gasteiger charge is 2.28. The van der Waals surface area contributed by atoms with Crippen molar-refractivity contribution in [3.63, 3.8) is 0 Å². The number of anilines is 1. The summed E-state index contributed by atoms with van der Waals surface area (Å²) >= 11 is 6.56. The summed E-state index contributed by atoms with van der Waals surface area (Å²) in [6.07, 6.45) is 0.152. The zero-order chi connectivity index (χ0) is 32.0. The average molecular weight is 643 g/mol. The number of carbonyl (C=O) groups excluding carboxylic acids is 1. The molecule has 14 heteroatoms. The third-order valence-corrected chi connectivity index (χ3v) is 7.33. The topological polar surface area (TPSA) is 128 Å². The maximum absolute atomic E-state index is 14.2. The fourth-order valence-corrected chi connectivity index (χ4v) is 5.64. The smallest absolute Gasteiger partial charge is 0.408 e. The number of nitrogens with zero attached hydrogens (tertiary/aromatic N) is 4. The Morgan fingerprint density at radius 2 is 1.68 bits per heavy atom. The molecule has 5 rings (SSSR count). The zero-order valence-electron chi connectivity index (χ0n) is 24.4. The van der Waals surface area contributed by atoms with E-state index in [1.54, 1.807) is 64.2 Å². The lowest BCUT2D eigenvalue weighted by Gasteiger charge is -2.25. The molecule has 0 aliphatic rings. The number of hydrogen-bond donors (Lipinski definition) is 2. The molecule has 2 N–H and O–H groups in total. The third-order valence-electron chi connectivity index (χ3n) is 6.46. The first kappa shape index (κ1) is 31.1. The first-order chi connectivity index (χ1) is 20.6. The lowest BCUT2D eigenvalue weighted by atomic mass is 9.97. The van der Waals surface area contributed by atoms with Gasteiger partial charge in [-0.1, -0.05) is 23.7 Å². The van der Waals surface area contributed by atoms with Crippen LogP contribution in [0.1, 0.15) is 38.1 Å². The molecular formula is C30H29ClF2N6O4S. The molecule has 0 saturated heterocycles. The second-order valence-electron chi connectivity index (χ2n) is 11.3. The van der Waals surface area contributed by atoms with E-state index in [0.29, 0.717) is 33.2 Å². The Bertz CT molecular complexity index is 2010. The highest BCUT2D eigenvalue weighted by molar-refractivity contribution is 7.92. The fraction of sp³-hybridized carbons (Fsp3) is 0.267. The summed E-state index contributed by atoms with van der Waals surface area (Å²) in [6, 6.07) is 12.5. The molecule has 0 aliphatic carbocycles. The predicted octanol–water partition coefficient (Wildman–Crippen LogP) is 6.30. The summed E-state index contributed by atoms with van der Waals surface area (Å²) in [5, 5.41) is 7.72. The zero-order valence-corrected chi connectivity index (χ0v) is 26.0. The van der Waals surface area contributed by atoms with Crippen LogP contribution in [0, 0.1) is 11.6 Å². The van der Waals surface area contributed by atoms with Crippen LogP contribution in [0.2, 0.25) is 5.02 Å². The molecular weight excluding hydrogens is 614 g/mol. The van der Waals surface area contributed by atoms with Gasteiger partial charge in [0, 0.05) is 18.7 Å². The van der Waals surface area contributed by atoms with Crippen molar-refractivity contribution in [2.75, 3.05) is 11.0 Å². The summed E-state index contributed by atoms with van der Waals surface area (Å²) < 4.78 is 62.1. The van der Waals surface area contributed by atoms with Gasteiger partial charge in [0.15, 0.2) is 5.82 Å². The van der Waals surface area contributed by atoms with Crippen LogP contribution in [0.15, 0.2) is 54.6 Å². The lowest BCUT2D eigenvalue weighted by molar-refractivity contribution is 0.0502. The van der Waals surface area contributed by atoms with Gasteiger partial charge in [-0.3, -0.25) is 9.40 Å². The summed E-state index contributed by atoms with van der Waals surface area (Å²) in [7, 11) is -2.08. The quantitative estimate of drug-likeness (QED) is 0.213. The number of halogens is 3. The number of fused-ring (bicyclic) bond motifs is 2. The molecule has 1 atom stereocenters.